The van der Waals surface area contributed by atoms with Crippen LogP contribution in [0.4, 0.5) is 4.79 Å². The van der Waals surface area contributed by atoms with Crippen LogP contribution in [0.15, 0.2) is 18.2 Å². The van der Waals surface area contributed by atoms with Crippen molar-refractivity contribution in [3.05, 3.63) is 34.9 Å². The van der Waals surface area contributed by atoms with Crippen LogP contribution in [0.1, 0.15) is 103 Å². The third-order valence-corrected chi connectivity index (χ3v) is 6.63. The van der Waals surface area contributed by atoms with Crippen LogP contribution in [0.2, 0.25) is 0 Å². The number of alkyl carbamates (subject to hydrolysis) is 1. The first-order chi connectivity index (χ1) is 17.5. The highest BCUT2D eigenvalue weighted by atomic mass is 16.6. The number of nitrogens with two attached hydrogens (primary N) is 1. The molecule has 1 aromatic rings. The van der Waals surface area contributed by atoms with Gasteiger partial charge in [-0.1, -0.05) is 37.5 Å². The molecule has 0 bridgehead atoms. The smallest absolute Gasteiger partial charge is 0.408 e. The van der Waals surface area contributed by atoms with E-state index in [9.17, 15) is 19.2 Å². The average molecular weight is 531 g/mol. The van der Waals surface area contributed by atoms with E-state index < -0.39 is 47.6 Å². The highest BCUT2D eigenvalue weighted by Gasteiger charge is 2.43. The Bertz CT molecular complexity index is 999. The fourth-order valence-electron chi connectivity index (χ4n) is 5.03. The molecule has 1 aliphatic rings. The number of rotatable bonds is 8. The molecule has 0 saturated heterocycles. The van der Waals surface area contributed by atoms with Crippen LogP contribution in [-0.2, 0) is 19.1 Å². The van der Waals surface area contributed by atoms with Crippen LogP contribution in [0.3, 0.4) is 0 Å². The number of carbonyl (C=O) groups excluding carboxylic acids is 4. The molecule has 0 spiro atoms. The van der Waals surface area contributed by atoms with E-state index in [1.165, 1.54) is 4.90 Å². The van der Waals surface area contributed by atoms with E-state index in [4.69, 9.17) is 10.5 Å². The molecule has 1 fully saturated rings. The summed E-state index contributed by atoms with van der Waals surface area (Å²) in [6.45, 7) is 14.4. The molecule has 1 saturated carbocycles. The Balaban J connectivity index is 2.59. The Labute approximate surface area is 227 Å². The Morgan fingerprint density at radius 1 is 1.00 bits per heavy atom. The van der Waals surface area contributed by atoms with Crippen molar-refractivity contribution in [1.82, 2.24) is 15.5 Å². The minimum Gasteiger partial charge on any atom is -0.444 e. The van der Waals surface area contributed by atoms with Crippen LogP contribution < -0.4 is 16.4 Å². The maximum Gasteiger partial charge on any atom is 0.408 e. The first kappa shape index (κ1) is 31.1. The molecule has 0 radical (unpaired) electrons. The third-order valence-electron chi connectivity index (χ3n) is 6.63. The summed E-state index contributed by atoms with van der Waals surface area (Å²) in [6, 6.07) is 3.47. The van der Waals surface area contributed by atoms with Crippen molar-refractivity contribution < 1.29 is 23.9 Å². The Morgan fingerprint density at radius 3 is 2.03 bits per heavy atom. The molecule has 4 amide bonds. The lowest BCUT2D eigenvalue weighted by atomic mass is 9.89. The summed E-state index contributed by atoms with van der Waals surface area (Å²) in [5.41, 5.74) is 6.26. The molecule has 1 aliphatic carbocycles. The predicted molar refractivity (Wildman–Crippen MR) is 147 cm³/mol. The lowest BCUT2D eigenvalue weighted by molar-refractivity contribution is -0.149. The number of primary amides is 1. The van der Waals surface area contributed by atoms with E-state index in [1.54, 1.807) is 20.8 Å². The number of ether oxygens (including phenoxy) is 1. The van der Waals surface area contributed by atoms with Gasteiger partial charge in [0.25, 0.3) is 0 Å². The van der Waals surface area contributed by atoms with Crippen molar-refractivity contribution >= 4 is 23.8 Å². The molecular weight excluding hydrogens is 484 g/mol. The number of benzene rings is 1. The van der Waals surface area contributed by atoms with Crippen LogP contribution in [-0.4, -0.2) is 51.9 Å². The molecule has 2 rings (SSSR count). The second-order valence-electron chi connectivity index (χ2n) is 12.3. The zero-order valence-corrected chi connectivity index (χ0v) is 24.3. The van der Waals surface area contributed by atoms with Gasteiger partial charge >= 0.3 is 6.09 Å². The first-order valence-corrected chi connectivity index (χ1v) is 13.5. The topological polar surface area (TPSA) is 131 Å². The van der Waals surface area contributed by atoms with Crippen molar-refractivity contribution in [2.75, 3.05) is 0 Å². The van der Waals surface area contributed by atoms with Gasteiger partial charge in [-0.25, -0.2) is 4.79 Å². The number of nitrogens with zero attached hydrogens (tertiary/aromatic N) is 1. The summed E-state index contributed by atoms with van der Waals surface area (Å²) in [4.78, 5) is 54.4. The first-order valence-electron chi connectivity index (χ1n) is 13.5. The lowest BCUT2D eigenvalue weighted by Crippen LogP contribution is -2.60. The molecule has 0 aliphatic heterocycles. The van der Waals surface area contributed by atoms with Crippen LogP contribution in [0.25, 0.3) is 0 Å². The quantitative estimate of drug-likeness (QED) is 0.464. The fourth-order valence-corrected chi connectivity index (χ4v) is 5.03. The molecule has 38 heavy (non-hydrogen) atoms. The zero-order valence-electron chi connectivity index (χ0n) is 24.3. The van der Waals surface area contributed by atoms with Crippen molar-refractivity contribution in [3.63, 3.8) is 0 Å². The molecule has 212 valence electrons. The van der Waals surface area contributed by atoms with Gasteiger partial charge in [0.2, 0.25) is 17.7 Å². The monoisotopic (exact) mass is 530 g/mol. The summed E-state index contributed by atoms with van der Waals surface area (Å²) in [5, 5.41) is 5.72. The summed E-state index contributed by atoms with van der Waals surface area (Å²) < 4.78 is 5.34. The van der Waals surface area contributed by atoms with Gasteiger partial charge in [-0.2, -0.15) is 0 Å². The highest BCUT2D eigenvalue weighted by Crippen LogP contribution is 2.34. The van der Waals surface area contributed by atoms with Crippen molar-refractivity contribution in [2.45, 2.75) is 123 Å². The number of hydrogen-bond donors (Lipinski definition) is 3. The molecular formula is C29H46N4O5. The lowest BCUT2D eigenvalue weighted by Gasteiger charge is -2.44. The Hall–Kier alpha value is -3.10. The maximum absolute atomic E-state index is 14.2. The normalized spacial score (nSPS) is 16.2. The average Bonchev–Trinajstić information content (AvgIpc) is 2.75. The molecule has 9 heteroatoms. The third kappa shape index (κ3) is 8.74. The number of carbonyl (C=O) groups is 4. The van der Waals surface area contributed by atoms with E-state index >= 15 is 0 Å². The minimum atomic E-state index is -1.31. The van der Waals surface area contributed by atoms with Gasteiger partial charge in [-0.05, 0) is 84.9 Å². The Kier molecular flexibility index (Phi) is 10.3. The minimum absolute atomic E-state index is 0.0290. The Morgan fingerprint density at radius 2 is 1.55 bits per heavy atom. The number of hydrogen-bond acceptors (Lipinski definition) is 5. The van der Waals surface area contributed by atoms with E-state index in [-0.39, 0.29) is 11.9 Å². The van der Waals surface area contributed by atoms with Crippen molar-refractivity contribution in [1.29, 1.82) is 0 Å². The second kappa shape index (κ2) is 12.6. The SMILES string of the molecule is Cc1cccc(C)c1C(C(=O)NC1CCCCC1)N(C(=O)C(CC(N)=O)NC(=O)OC(C)(C)C)C(C)(C)C. The van der Waals surface area contributed by atoms with Gasteiger partial charge in [0.05, 0.1) is 6.42 Å². The van der Waals surface area contributed by atoms with E-state index in [1.807, 2.05) is 52.8 Å². The molecule has 4 N–H and O–H groups in total. The van der Waals surface area contributed by atoms with Gasteiger partial charge in [0.15, 0.2) is 0 Å². The molecule has 2 unspecified atom stereocenters. The van der Waals surface area contributed by atoms with Crippen LogP contribution in [0, 0.1) is 13.8 Å². The van der Waals surface area contributed by atoms with E-state index in [0.29, 0.717) is 0 Å². The summed E-state index contributed by atoms with van der Waals surface area (Å²) in [5.74, 6) is -1.63. The summed E-state index contributed by atoms with van der Waals surface area (Å²) >= 11 is 0. The van der Waals surface area contributed by atoms with E-state index in [2.05, 4.69) is 10.6 Å². The number of aryl methyl sites for hydroxylation is 2. The van der Waals surface area contributed by atoms with Crippen molar-refractivity contribution in [3.8, 4) is 0 Å². The molecule has 0 heterocycles. The van der Waals surface area contributed by atoms with Crippen LogP contribution in [0.5, 0.6) is 0 Å². The summed E-state index contributed by atoms with van der Waals surface area (Å²) in [7, 11) is 0. The van der Waals surface area contributed by atoms with Gasteiger partial charge < -0.3 is 26.0 Å². The second-order valence-corrected chi connectivity index (χ2v) is 12.3. The van der Waals surface area contributed by atoms with Crippen LogP contribution >= 0.6 is 0 Å². The number of amides is 4. The van der Waals surface area contributed by atoms with Gasteiger partial charge in [-0.3, -0.25) is 14.4 Å². The van der Waals surface area contributed by atoms with E-state index in [0.717, 1.165) is 48.8 Å². The predicted octanol–water partition coefficient (Wildman–Crippen LogP) is 4.19. The van der Waals surface area contributed by atoms with Gasteiger partial charge in [0.1, 0.15) is 17.7 Å². The zero-order chi connectivity index (χ0) is 28.8. The molecule has 9 nitrogen and oxygen atoms in total. The fraction of sp³-hybridized carbons (Fsp3) is 0.655. The largest absolute Gasteiger partial charge is 0.444 e. The number of nitrogens with one attached hydrogen (secondary N) is 2. The maximum atomic E-state index is 14.2. The molecule has 2 atom stereocenters. The highest BCUT2D eigenvalue weighted by molar-refractivity contribution is 5.95. The van der Waals surface area contributed by atoms with Gasteiger partial charge in [-0.15, -0.1) is 0 Å². The molecule has 0 aromatic heterocycles. The van der Waals surface area contributed by atoms with Gasteiger partial charge in [0, 0.05) is 11.6 Å². The summed E-state index contributed by atoms with van der Waals surface area (Å²) in [6.07, 6.45) is 3.72. The standard InChI is InChI=1S/C29H46N4O5/c1-18-13-12-14-19(2)23(18)24(25(35)31-20-15-10-9-11-16-20)33(28(3,4)5)26(36)21(17-22(30)34)32-27(37)38-29(6,7)8/h12-14,20-21,24H,9-11,15-17H2,1-8H3,(H2,30,34)(H,31,35)(H,32,37). The molecule has 1 aromatic carbocycles. The van der Waals surface area contributed by atoms with Crippen molar-refractivity contribution in [2.24, 2.45) is 5.73 Å².